The van der Waals surface area contributed by atoms with Crippen molar-refractivity contribution >= 4 is 55.5 Å². The van der Waals surface area contributed by atoms with Crippen molar-refractivity contribution in [2.45, 2.75) is 18.4 Å². The third kappa shape index (κ3) is 4.50. The zero-order chi connectivity index (χ0) is 23.0. The number of aromatic nitrogens is 2. The van der Waals surface area contributed by atoms with Gasteiger partial charge in [-0.1, -0.05) is 41.4 Å². The molecule has 0 aliphatic carbocycles. The van der Waals surface area contributed by atoms with E-state index in [0.717, 1.165) is 22.0 Å². The molecule has 0 aliphatic rings. The zero-order valence-electron chi connectivity index (χ0n) is 17.3. The summed E-state index contributed by atoms with van der Waals surface area (Å²) >= 11 is 12.2. The number of hydrogen-bond acceptors (Lipinski definition) is 4. The Labute approximate surface area is 195 Å². The van der Waals surface area contributed by atoms with E-state index in [1.54, 1.807) is 30.3 Å². The van der Waals surface area contributed by atoms with E-state index in [0.29, 0.717) is 17.8 Å². The molecular weight excluding hydrogens is 469 g/mol. The summed E-state index contributed by atoms with van der Waals surface area (Å²) in [5, 5.41) is 4.28. The molecular formula is C23H19Cl2N3O3S. The lowest BCUT2D eigenvalue weighted by atomic mass is 10.1. The second-order valence-electron chi connectivity index (χ2n) is 7.52. The van der Waals surface area contributed by atoms with Crippen LogP contribution in [0.15, 0.2) is 66.0 Å². The number of pyridine rings is 1. The molecule has 1 amide bonds. The average Bonchev–Trinajstić information content (AvgIpc) is 3.05. The predicted molar refractivity (Wildman–Crippen MR) is 128 cm³/mol. The van der Waals surface area contributed by atoms with E-state index in [-0.39, 0.29) is 20.8 Å². The summed E-state index contributed by atoms with van der Waals surface area (Å²) in [4.78, 5) is 17.0. The van der Waals surface area contributed by atoms with Gasteiger partial charge in [-0.2, -0.15) is 0 Å². The van der Waals surface area contributed by atoms with Crippen LogP contribution >= 0.6 is 23.2 Å². The third-order valence-electron chi connectivity index (χ3n) is 5.14. The summed E-state index contributed by atoms with van der Waals surface area (Å²) in [7, 11) is -3.24. The predicted octanol–water partition coefficient (Wildman–Crippen LogP) is 5.36. The van der Waals surface area contributed by atoms with Crippen molar-refractivity contribution in [1.29, 1.82) is 0 Å². The average molecular weight is 488 g/mol. The number of sulfone groups is 1. The molecule has 1 N–H and O–H groups in total. The van der Waals surface area contributed by atoms with Crippen LogP contribution in [0.2, 0.25) is 10.0 Å². The lowest BCUT2D eigenvalue weighted by Gasteiger charge is -2.10. The maximum absolute atomic E-state index is 12.9. The van der Waals surface area contributed by atoms with Crippen LogP contribution in [0.4, 0.5) is 5.69 Å². The standard InChI is InChI=1S/C23H19Cl2N3O3S/c1-14-12-28(13-15-3-6-17(7-4-15)32(2,30)31)21-9-16(5-8-18(14)21)23(29)27-22-19(24)10-26-11-20(22)25/h3-12H,13H2,1-2H3,(H,26,27,29). The molecule has 164 valence electrons. The molecule has 9 heteroatoms. The van der Waals surface area contributed by atoms with Gasteiger partial charge in [-0.15, -0.1) is 0 Å². The van der Waals surface area contributed by atoms with Crippen LogP contribution in [-0.2, 0) is 16.4 Å². The van der Waals surface area contributed by atoms with E-state index < -0.39 is 9.84 Å². The monoisotopic (exact) mass is 487 g/mol. The number of anilines is 1. The van der Waals surface area contributed by atoms with Gasteiger partial charge >= 0.3 is 0 Å². The first-order valence-electron chi connectivity index (χ1n) is 9.62. The fourth-order valence-corrected chi connectivity index (χ4v) is 4.59. The maximum atomic E-state index is 12.9. The van der Waals surface area contributed by atoms with Gasteiger partial charge in [-0.25, -0.2) is 8.42 Å². The molecule has 2 aromatic heterocycles. The fraction of sp³-hybridized carbons (Fsp3) is 0.130. The van der Waals surface area contributed by atoms with Crippen LogP contribution in [0.3, 0.4) is 0 Å². The first-order valence-corrected chi connectivity index (χ1v) is 12.3. The van der Waals surface area contributed by atoms with Crippen LogP contribution in [0.5, 0.6) is 0 Å². The Morgan fingerprint density at radius 3 is 2.34 bits per heavy atom. The van der Waals surface area contributed by atoms with Gasteiger partial charge in [0.25, 0.3) is 5.91 Å². The molecule has 0 bridgehead atoms. The van der Waals surface area contributed by atoms with Crippen LogP contribution in [0.25, 0.3) is 10.9 Å². The van der Waals surface area contributed by atoms with Crippen molar-refractivity contribution in [2.75, 3.05) is 11.6 Å². The number of fused-ring (bicyclic) bond motifs is 1. The normalized spacial score (nSPS) is 11.6. The SMILES string of the molecule is Cc1cn(Cc2ccc(S(C)(=O)=O)cc2)c2cc(C(=O)Nc3c(Cl)cncc3Cl)ccc12. The van der Waals surface area contributed by atoms with Crippen LogP contribution < -0.4 is 5.32 Å². The van der Waals surface area contributed by atoms with E-state index in [2.05, 4.69) is 10.3 Å². The Balaban J connectivity index is 1.65. The fourth-order valence-electron chi connectivity index (χ4n) is 3.50. The van der Waals surface area contributed by atoms with Crippen molar-refractivity contribution in [1.82, 2.24) is 9.55 Å². The van der Waals surface area contributed by atoms with Gasteiger partial charge in [0.1, 0.15) is 0 Å². The molecule has 0 atom stereocenters. The molecule has 4 aromatic rings. The molecule has 2 heterocycles. The lowest BCUT2D eigenvalue weighted by Crippen LogP contribution is -2.13. The summed E-state index contributed by atoms with van der Waals surface area (Å²) in [6, 6.07) is 12.3. The molecule has 0 fully saturated rings. The highest BCUT2D eigenvalue weighted by Crippen LogP contribution is 2.30. The molecule has 0 saturated heterocycles. The summed E-state index contributed by atoms with van der Waals surface area (Å²) in [6.45, 7) is 2.53. The topological polar surface area (TPSA) is 81.1 Å². The largest absolute Gasteiger partial charge is 0.343 e. The Bertz CT molecular complexity index is 1430. The highest BCUT2D eigenvalue weighted by Gasteiger charge is 2.15. The minimum Gasteiger partial charge on any atom is -0.343 e. The Morgan fingerprint density at radius 2 is 1.72 bits per heavy atom. The second-order valence-corrected chi connectivity index (χ2v) is 10.4. The van der Waals surface area contributed by atoms with E-state index in [1.165, 1.54) is 18.6 Å². The highest BCUT2D eigenvalue weighted by molar-refractivity contribution is 7.90. The molecule has 32 heavy (non-hydrogen) atoms. The van der Waals surface area contributed by atoms with Gasteiger partial charge in [-0.3, -0.25) is 9.78 Å². The smallest absolute Gasteiger partial charge is 0.255 e. The van der Waals surface area contributed by atoms with E-state index >= 15 is 0 Å². The number of rotatable bonds is 5. The molecule has 0 aliphatic heterocycles. The second kappa shape index (κ2) is 8.58. The maximum Gasteiger partial charge on any atom is 0.255 e. The third-order valence-corrected chi connectivity index (χ3v) is 6.84. The van der Waals surface area contributed by atoms with E-state index in [4.69, 9.17) is 23.2 Å². The first kappa shape index (κ1) is 22.3. The van der Waals surface area contributed by atoms with Gasteiger partial charge in [0.15, 0.2) is 9.84 Å². The quantitative estimate of drug-likeness (QED) is 0.410. The van der Waals surface area contributed by atoms with Gasteiger partial charge in [0, 0.05) is 47.9 Å². The van der Waals surface area contributed by atoms with Gasteiger partial charge in [0.05, 0.1) is 20.6 Å². The number of benzene rings is 2. The highest BCUT2D eigenvalue weighted by atomic mass is 35.5. The summed E-state index contributed by atoms with van der Waals surface area (Å²) < 4.78 is 25.4. The van der Waals surface area contributed by atoms with Crippen LogP contribution in [0.1, 0.15) is 21.5 Å². The minimum atomic E-state index is -3.24. The first-order chi connectivity index (χ1) is 15.1. The number of nitrogens with one attached hydrogen (secondary N) is 1. The molecule has 0 radical (unpaired) electrons. The van der Waals surface area contributed by atoms with Gasteiger partial charge < -0.3 is 9.88 Å². The van der Waals surface area contributed by atoms with Crippen LogP contribution in [-0.4, -0.2) is 30.1 Å². The number of nitrogens with zero attached hydrogens (tertiary/aromatic N) is 2. The minimum absolute atomic E-state index is 0.253. The zero-order valence-corrected chi connectivity index (χ0v) is 19.6. The van der Waals surface area contributed by atoms with E-state index in [1.807, 2.05) is 29.8 Å². The van der Waals surface area contributed by atoms with Crippen molar-refractivity contribution < 1.29 is 13.2 Å². The van der Waals surface area contributed by atoms with Crippen molar-refractivity contribution in [3.63, 3.8) is 0 Å². The van der Waals surface area contributed by atoms with Crippen molar-refractivity contribution in [3.8, 4) is 0 Å². The summed E-state index contributed by atoms with van der Waals surface area (Å²) in [5.41, 5.74) is 3.66. The number of hydrogen-bond donors (Lipinski definition) is 1. The van der Waals surface area contributed by atoms with E-state index in [9.17, 15) is 13.2 Å². The van der Waals surface area contributed by atoms with Crippen molar-refractivity contribution in [2.24, 2.45) is 0 Å². The molecule has 2 aromatic carbocycles. The molecule has 0 unspecified atom stereocenters. The Kier molecular flexibility index (Phi) is 5.99. The Morgan fingerprint density at radius 1 is 1.06 bits per heavy atom. The Hall–Kier alpha value is -2.87. The number of amides is 1. The van der Waals surface area contributed by atoms with Gasteiger partial charge in [0.2, 0.25) is 0 Å². The number of aryl methyl sites for hydroxylation is 1. The van der Waals surface area contributed by atoms with Gasteiger partial charge in [-0.05, 0) is 42.3 Å². The molecule has 0 spiro atoms. The number of carbonyl (C=O) groups excluding carboxylic acids is 1. The molecule has 0 saturated carbocycles. The molecule has 4 rings (SSSR count). The lowest BCUT2D eigenvalue weighted by molar-refractivity contribution is 0.102. The summed E-state index contributed by atoms with van der Waals surface area (Å²) in [6.07, 6.45) is 6.02. The number of halogens is 2. The van der Waals surface area contributed by atoms with Crippen LogP contribution in [0, 0.1) is 6.92 Å². The summed E-state index contributed by atoms with van der Waals surface area (Å²) in [5.74, 6) is -0.343. The van der Waals surface area contributed by atoms with Crippen molar-refractivity contribution in [3.05, 3.63) is 87.8 Å². The number of carbonyl (C=O) groups is 1. The molecule has 6 nitrogen and oxygen atoms in total.